The van der Waals surface area contributed by atoms with Crippen LogP contribution in [-0.4, -0.2) is 4.98 Å². The molecule has 0 atom stereocenters. The fraction of sp³-hybridized carbons (Fsp3) is 0.250. The lowest BCUT2D eigenvalue weighted by Gasteiger charge is -2.10. The normalized spacial score (nSPS) is 12.1. The number of fused-ring (bicyclic) bond motifs is 1. The summed E-state index contributed by atoms with van der Waals surface area (Å²) in [6.07, 6.45) is -4.35. The quantitative estimate of drug-likeness (QED) is 0.663. The molecule has 1 nitrogen and oxygen atoms in total. The van der Waals surface area contributed by atoms with Gasteiger partial charge in [0.1, 0.15) is 0 Å². The van der Waals surface area contributed by atoms with Gasteiger partial charge in [0.25, 0.3) is 0 Å². The number of para-hydroxylation sites is 1. The second-order valence-electron chi connectivity index (χ2n) is 3.77. The number of aromatic nitrogens is 1. The van der Waals surface area contributed by atoms with Crippen LogP contribution in [0.3, 0.4) is 0 Å². The first kappa shape index (κ1) is 10.9. The molecule has 0 unspecified atom stereocenters. The predicted octanol–water partition coefficient (Wildman–Crippen LogP) is 3.87. The molecule has 4 heteroatoms. The highest BCUT2D eigenvalue weighted by atomic mass is 19.4. The monoisotopic (exact) mass is 225 g/mol. The molecule has 0 aliphatic heterocycles. The molecule has 0 spiro atoms. The highest BCUT2D eigenvalue weighted by Gasteiger charge is 2.33. The van der Waals surface area contributed by atoms with Gasteiger partial charge in [0.2, 0.25) is 0 Å². The molecule has 0 amide bonds. The van der Waals surface area contributed by atoms with Gasteiger partial charge in [-0.2, -0.15) is 13.2 Å². The Hall–Kier alpha value is -1.58. The van der Waals surface area contributed by atoms with Gasteiger partial charge in [0.15, 0.2) is 0 Å². The number of alkyl halides is 3. The molecule has 1 aromatic heterocycles. The Morgan fingerprint density at radius 1 is 1.12 bits per heavy atom. The van der Waals surface area contributed by atoms with Crippen molar-refractivity contribution >= 4 is 10.9 Å². The number of halogens is 3. The maximum Gasteiger partial charge on any atom is 0.418 e. The molecule has 0 saturated carbocycles. The van der Waals surface area contributed by atoms with Crippen LogP contribution in [0.4, 0.5) is 13.2 Å². The molecule has 1 heterocycles. The molecule has 16 heavy (non-hydrogen) atoms. The Morgan fingerprint density at radius 2 is 1.81 bits per heavy atom. The van der Waals surface area contributed by atoms with Gasteiger partial charge >= 0.3 is 6.18 Å². The van der Waals surface area contributed by atoms with Crippen LogP contribution < -0.4 is 0 Å². The van der Waals surface area contributed by atoms with E-state index in [-0.39, 0.29) is 5.52 Å². The number of nitrogens with zero attached hydrogens (tertiary/aromatic N) is 1. The van der Waals surface area contributed by atoms with Gasteiger partial charge in [0.05, 0.1) is 11.1 Å². The third kappa shape index (κ3) is 1.75. The average Bonchev–Trinajstić information content (AvgIpc) is 2.17. The van der Waals surface area contributed by atoms with E-state index in [9.17, 15) is 13.2 Å². The average molecular weight is 225 g/mol. The minimum absolute atomic E-state index is 0.0260. The van der Waals surface area contributed by atoms with Gasteiger partial charge in [0, 0.05) is 11.1 Å². The third-order valence-electron chi connectivity index (χ3n) is 2.59. The summed E-state index contributed by atoms with van der Waals surface area (Å²) >= 11 is 0. The van der Waals surface area contributed by atoms with E-state index in [1.54, 1.807) is 19.1 Å². The van der Waals surface area contributed by atoms with Gasteiger partial charge in [-0.25, -0.2) is 0 Å². The Morgan fingerprint density at radius 3 is 2.44 bits per heavy atom. The second-order valence-corrected chi connectivity index (χ2v) is 3.77. The number of pyridine rings is 1. The van der Waals surface area contributed by atoms with Crippen molar-refractivity contribution in [2.75, 3.05) is 0 Å². The van der Waals surface area contributed by atoms with Crippen LogP contribution in [0.25, 0.3) is 10.9 Å². The molecule has 1 aromatic carbocycles. The standard InChI is InChI=1S/C12H10F3N/c1-7-6-9-4-3-5-10(12(13,14)15)11(9)16-8(7)2/h3-6H,1-2H3. The van der Waals surface area contributed by atoms with E-state index in [4.69, 9.17) is 0 Å². The van der Waals surface area contributed by atoms with Crippen molar-refractivity contribution in [3.63, 3.8) is 0 Å². The summed E-state index contributed by atoms with van der Waals surface area (Å²) < 4.78 is 38.1. The summed E-state index contributed by atoms with van der Waals surface area (Å²) in [4.78, 5) is 4.02. The van der Waals surface area contributed by atoms with Gasteiger partial charge in [-0.3, -0.25) is 4.98 Å². The van der Waals surface area contributed by atoms with E-state index in [0.29, 0.717) is 11.1 Å². The van der Waals surface area contributed by atoms with Gasteiger partial charge in [-0.05, 0) is 31.5 Å². The maximum absolute atomic E-state index is 12.7. The molecular formula is C12H10F3N. The number of hydrogen-bond acceptors (Lipinski definition) is 1. The van der Waals surface area contributed by atoms with E-state index in [2.05, 4.69) is 4.98 Å². The molecule has 0 aliphatic carbocycles. The number of aryl methyl sites for hydroxylation is 2. The lowest BCUT2D eigenvalue weighted by molar-refractivity contribution is -0.136. The molecule has 0 fully saturated rings. The molecule has 84 valence electrons. The Kier molecular flexibility index (Phi) is 2.37. The SMILES string of the molecule is Cc1cc2cccc(C(F)(F)F)c2nc1C. The van der Waals surface area contributed by atoms with Crippen molar-refractivity contribution in [3.05, 3.63) is 41.1 Å². The van der Waals surface area contributed by atoms with Crippen LogP contribution in [-0.2, 0) is 6.18 Å². The van der Waals surface area contributed by atoms with Crippen LogP contribution in [0.5, 0.6) is 0 Å². The fourth-order valence-electron chi connectivity index (χ4n) is 1.62. The minimum atomic E-state index is -4.35. The summed E-state index contributed by atoms with van der Waals surface area (Å²) in [7, 11) is 0. The topological polar surface area (TPSA) is 12.9 Å². The molecule has 0 radical (unpaired) electrons. The zero-order valence-corrected chi connectivity index (χ0v) is 8.89. The van der Waals surface area contributed by atoms with Crippen molar-refractivity contribution < 1.29 is 13.2 Å². The van der Waals surface area contributed by atoms with Crippen molar-refractivity contribution in [2.45, 2.75) is 20.0 Å². The summed E-state index contributed by atoms with van der Waals surface area (Å²) in [5, 5.41) is 0.526. The zero-order valence-electron chi connectivity index (χ0n) is 8.89. The summed E-state index contributed by atoms with van der Waals surface area (Å²) in [6.45, 7) is 3.55. The fourth-order valence-corrected chi connectivity index (χ4v) is 1.62. The number of benzene rings is 1. The summed E-state index contributed by atoms with van der Waals surface area (Å²) in [5.41, 5.74) is 0.877. The van der Waals surface area contributed by atoms with Gasteiger partial charge < -0.3 is 0 Å². The van der Waals surface area contributed by atoms with Gasteiger partial charge in [-0.1, -0.05) is 12.1 Å². The highest BCUT2D eigenvalue weighted by Crippen LogP contribution is 2.34. The third-order valence-corrected chi connectivity index (χ3v) is 2.59. The number of hydrogen-bond donors (Lipinski definition) is 0. The largest absolute Gasteiger partial charge is 0.418 e. The summed E-state index contributed by atoms with van der Waals surface area (Å²) in [6, 6.07) is 5.84. The first-order valence-corrected chi connectivity index (χ1v) is 4.84. The molecular weight excluding hydrogens is 215 g/mol. The van der Waals surface area contributed by atoms with E-state index < -0.39 is 11.7 Å². The van der Waals surface area contributed by atoms with Crippen LogP contribution in [0.2, 0.25) is 0 Å². The van der Waals surface area contributed by atoms with Crippen LogP contribution in [0.1, 0.15) is 16.8 Å². The van der Waals surface area contributed by atoms with E-state index in [1.807, 2.05) is 6.92 Å². The Labute approximate surface area is 90.9 Å². The second kappa shape index (κ2) is 3.47. The molecule has 0 aliphatic rings. The molecule has 2 rings (SSSR count). The lowest BCUT2D eigenvalue weighted by Crippen LogP contribution is -2.07. The molecule has 2 aromatic rings. The smallest absolute Gasteiger partial charge is 0.252 e. The molecule has 0 saturated heterocycles. The van der Waals surface area contributed by atoms with E-state index >= 15 is 0 Å². The molecule has 0 bridgehead atoms. The zero-order chi connectivity index (χ0) is 11.9. The Balaban J connectivity index is 2.82. The highest BCUT2D eigenvalue weighted by molar-refractivity contribution is 5.83. The van der Waals surface area contributed by atoms with E-state index in [1.165, 1.54) is 6.07 Å². The van der Waals surface area contributed by atoms with Crippen molar-refractivity contribution in [1.29, 1.82) is 0 Å². The van der Waals surface area contributed by atoms with Crippen LogP contribution in [0, 0.1) is 13.8 Å². The van der Waals surface area contributed by atoms with E-state index in [0.717, 1.165) is 11.6 Å². The maximum atomic E-state index is 12.7. The van der Waals surface area contributed by atoms with Gasteiger partial charge in [-0.15, -0.1) is 0 Å². The summed E-state index contributed by atoms with van der Waals surface area (Å²) in [5.74, 6) is 0. The minimum Gasteiger partial charge on any atom is -0.252 e. The Bertz CT molecular complexity index is 544. The van der Waals surface area contributed by atoms with Crippen molar-refractivity contribution in [3.8, 4) is 0 Å². The van der Waals surface area contributed by atoms with Crippen molar-refractivity contribution in [1.82, 2.24) is 4.98 Å². The first-order chi connectivity index (χ1) is 7.39. The lowest BCUT2D eigenvalue weighted by atomic mass is 10.1. The van der Waals surface area contributed by atoms with Crippen molar-refractivity contribution in [2.24, 2.45) is 0 Å². The van der Waals surface area contributed by atoms with Crippen LogP contribution in [0.15, 0.2) is 24.3 Å². The first-order valence-electron chi connectivity index (χ1n) is 4.84. The number of rotatable bonds is 0. The predicted molar refractivity (Wildman–Crippen MR) is 56.2 cm³/mol. The van der Waals surface area contributed by atoms with Crippen LogP contribution >= 0.6 is 0 Å². The molecule has 0 N–H and O–H groups in total.